The molecule has 0 spiro atoms. The minimum Gasteiger partial charge on any atom is -0.465 e. The molecule has 2 heterocycles. The van der Waals surface area contributed by atoms with Crippen molar-refractivity contribution in [2.45, 2.75) is 6.42 Å². The second-order valence-corrected chi connectivity index (χ2v) is 4.71. The number of benzene rings is 1. The number of carbonyl (C=O) groups is 1. The van der Waals surface area contributed by atoms with Crippen molar-refractivity contribution in [2.75, 3.05) is 31.9 Å². The fourth-order valence-corrected chi connectivity index (χ4v) is 2.42. The van der Waals surface area contributed by atoms with Gasteiger partial charge in [-0.1, -0.05) is 0 Å². The third kappa shape index (κ3) is 2.32. The minimum absolute atomic E-state index is 0.343. The first kappa shape index (κ1) is 12.9. The lowest BCUT2D eigenvalue weighted by Gasteiger charge is -2.28. The smallest absolute Gasteiger partial charge is 0.338 e. The molecular weight excluding hydrogens is 256 g/mol. The number of nitrogens with zero attached hydrogens (tertiary/aromatic N) is 2. The van der Waals surface area contributed by atoms with Gasteiger partial charge in [-0.2, -0.15) is 0 Å². The molecule has 1 aliphatic heterocycles. The normalized spacial score (nSPS) is 15.3. The van der Waals surface area contributed by atoms with Crippen molar-refractivity contribution in [2.24, 2.45) is 0 Å². The number of anilines is 1. The van der Waals surface area contributed by atoms with Gasteiger partial charge in [-0.15, -0.1) is 0 Å². The molecule has 0 atom stereocenters. The van der Waals surface area contributed by atoms with Crippen LogP contribution in [0, 0.1) is 0 Å². The molecule has 0 unspecified atom stereocenters. The Morgan fingerprint density at radius 1 is 1.40 bits per heavy atom. The van der Waals surface area contributed by atoms with E-state index in [2.05, 4.69) is 9.88 Å². The molecule has 1 aromatic heterocycles. The van der Waals surface area contributed by atoms with Crippen LogP contribution in [0.25, 0.3) is 10.9 Å². The van der Waals surface area contributed by atoms with Gasteiger partial charge in [-0.3, -0.25) is 4.98 Å². The Morgan fingerprint density at radius 2 is 2.30 bits per heavy atom. The molecule has 3 rings (SSSR count). The maximum atomic E-state index is 11.8. The number of esters is 1. The first-order valence-electron chi connectivity index (χ1n) is 6.59. The first-order chi connectivity index (χ1) is 9.79. The first-order valence-corrected chi connectivity index (χ1v) is 6.59. The number of hydrogen-bond donors (Lipinski definition) is 0. The Balaban J connectivity index is 2.06. The number of ether oxygens (including phenoxy) is 2. The van der Waals surface area contributed by atoms with Crippen LogP contribution in [0.5, 0.6) is 0 Å². The van der Waals surface area contributed by atoms with Crippen molar-refractivity contribution >= 4 is 22.6 Å². The Hall–Kier alpha value is -2.14. The van der Waals surface area contributed by atoms with E-state index in [1.54, 1.807) is 12.3 Å². The summed E-state index contributed by atoms with van der Waals surface area (Å²) in [6, 6.07) is 7.59. The number of hydrogen-bond acceptors (Lipinski definition) is 5. The highest BCUT2D eigenvalue weighted by Gasteiger charge is 2.15. The summed E-state index contributed by atoms with van der Waals surface area (Å²) >= 11 is 0. The third-order valence-corrected chi connectivity index (χ3v) is 3.46. The van der Waals surface area contributed by atoms with Crippen LogP contribution in [0.2, 0.25) is 0 Å². The molecule has 1 fully saturated rings. The summed E-state index contributed by atoms with van der Waals surface area (Å²) in [6.07, 6.45) is 2.63. The molecule has 0 amide bonds. The van der Waals surface area contributed by atoms with Gasteiger partial charge in [-0.05, 0) is 30.7 Å². The van der Waals surface area contributed by atoms with E-state index in [9.17, 15) is 4.79 Å². The van der Waals surface area contributed by atoms with E-state index >= 15 is 0 Å². The minimum atomic E-state index is -0.343. The van der Waals surface area contributed by atoms with E-state index in [0.717, 1.165) is 36.2 Å². The van der Waals surface area contributed by atoms with Gasteiger partial charge in [0.2, 0.25) is 0 Å². The highest BCUT2D eigenvalue weighted by molar-refractivity contribution is 6.04. The highest BCUT2D eigenvalue weighted by Crippen LogP contribution is 2.25. The lowest BCUT2D eigenvalue weighted by molar-refractivity contribution is 0.0603. The molecule has 20 heavy (non-hydrogen) atoms. The fourth-order valence-electron chi connectivity index (χ4n) is 2.42. The van der Waals surface area contributed by atoms with Crippen molar-refractivity contribution in [3.05, 3.63) is 36.0 Å². The molecule has 5 nitrogen and oxygen atoms in total. The Labute approximate surface area is 117 Å². The van der Waals surface area contributed by atoms with Crippen LogP contribution in [0.4, 0.5) is 5.69 Å². The summed E-state index contributed by atoms with van der Waals surface area (Å²) in [7, 11) is 1.39. The van der Waals surface area contributed by atoms with Gasteiger partial charge >= 0.3 is 5.97 Å². The van der Waals surface area contributed by atoms with Gasteiger partial charge in [0.1, 0.15) is 6.73 Å². The predicted octanol–water partition coefficient (Wildman–Crippen LogP) is 2.21. The van der Waals surface area contributed by atoms with Gasteiger partial charge in [0.05, 0.1) is 24.8 Å². The zero-order valence-corrected chi connectivity index (χ0v) is 11.3. The molecule has 0 aliphatic carbocycles. The highest BCUT2D eigenvalue weighted by atomic mass is 16.5. The quantitative estimate of drug-likeness (QED) is 0.784. The number of rotatable bonds is 2. The van der Waals surface area contributed by atoms with Crippen LogP contribution in [0.15, 0.2) is 30.5 Å². The summed E-state index contributed by atoms with van der Waals surface area (Å²) in [5.74, 6) is -0.343. The van der Waals surface area contributed by atoms with Crippen LogP contribution in [-0.2, 0) is 9.47 Å². The van der Waals surface area contributed by atoms with Crippen LogP contribution < -0.4 is 4.90 Å². The topological polar surface area (TPSA) is 51.7 Å². The maximum absolute atomic E-state index is 11.8. The lowest BCUT2D eigenvalue weighted by Crippen LogP contribution is -2.32. The van der Waals surface area contributed by atoms with Gasteiger partial charge in [-0.25, -0.2) is 4.79 Å². The molecule has 0 radical (unpaired) electrons. The SMILES string of the molecule is COC(=O)c1ccnc2ccc(N3CCCOC3)cc12. The molecule has 1 saturated heterocycles. The standard InChI is InChI=1S/C15H16N2O3/c1-19-15(18)12-5-6-16-14-4-3-11(9-13(12)14)17-7-2-8-20-10-17/h3-6,9H,2,7-8,10H2,1H3. The average molecular weight is 272 g/mol. The number of pyridine rings is 1. The van der Waals surface area contributed by atoms with E-state index in [4.69, 9.17) is 9.47 Å². The van der Waals surface area contributed by atoms with Crippen LogP contribution in [0.3, 0.4) is 0 Å². The van der Waals surface area contributed by atoms with Crippen LogP contribution in [0.1, 0.15) is 16.8 Å². The van der Waals surface area contributed by atoms with Crippen molar-refractivity contribution in [1.29, 1.82) is 0 Å². The van der Waals surface area contributed by atoms with E-state index in [0.29, 0.717) is 12.3 Å². The van der Waals surface area contributed by atoms with E-state index in [1.807, 2.05) is 18.2 Å². The fraction of sp³-hybridized carbons (Fsp3) is 0.333. The van der Waals surface area contributed by atoms with Crippen molar-refractivity contribution < 1.29 is 14.3 Å². The van der Waals surface area contributed by atoms with Gasteiger partial charge < -0.3 is 14.4 Å². The summed E-state index contributed by atoms with van der Waals surface area (Å²) in [6.45, 7) is 2.34. The summed E-state index contributed by atoms with van der Waals surface area (Å²) in [5.41, 5.74) is 2.36. The van der Waals surface area contributed by atoms with Crippen molar-refractivity contribution in [3.63, 3.8) is 0 Å². The zero-order chi connectivity index (χ0) is 13.9. The van der Waals surface area contributed by atoms with E-state index in [-0.39, 0.29) is 5.97 Å². The van der Waals surface area contributed by atoms with Crippen LogP contribution in [-0.4, -0.2) is 37.9 Å². The van der Waals surface area contributed by atoms with Gasteiger partial charge in [0.25, 0.3) is 0 Å². The second-order valence-electron chi connectivity index (χ2n) is 4.71. The van der Waals surface area contributed by atoms with E-state index < -0.39 is 0 Å². The number of aromatic nitrogens is 1. The largest absolute Gasteiger partial charge is 0.465 e. The summed E-state index contributed by atoms with van der Waals surface area (Å²) in [4.78, 5) is 18.3. The van der Waals surface area contributed by atoms with E-state index in [1.165, 1.54) is 7.11 Å². The van der Waals surface area contributed by atoms with Crippen LogP contribution >= 0.6 is 0 Å². The van der Waals surface area contributed by atoms with Crippen molar-refractivity contribution in [3.8, 4) is 0 Å². The summed E-state index contributed by atoms with van der Waals surface area (Å²) in [5, 5.41) is 0.808. The number of carbonyl (C=O) groups excluding carboxylic acids is 1. The predicted molar refractivity (Wildman–Crippen MR) is 75.9 cm³/mol. The Bertz CT molecular complexity index is 636. The molecule has 0 N–H and O–H groups in total. The molecule has 0 saturated carbocycles. The number of methoxy groups -OCH3 is 1. The van der Waals surface area contributed by atoms with Gasteiger partial charge in [0, 0.05) is 23.8 Å². The zero-order valence-electron chi connectivity index (χ0n) is 11.3. The Morgan fingerprint density at radius 3 is 3.05 bits per heavy atom. The van der Waals surface area contributed by atoms with Crippen molar-refractivity contribution in [1.82, 2.24) is 4.98 Å². The molecule has 1 aliphatic rings. The average Bonchev–Trinajstić information content (AvgIpc) is 2.54. The monoisotopic (exact) mass is 272 g/mol. The molecule has 5 heteroatoms. The Kier molecular flexibility index (Phi) is 3.52. The molecule has 104 valence electrons. The second kappa shape index (κ2) is 5.46. The number of fused-ring (bicyclic) bond motifs is 1. The molecule has 1 aromatic carbocycles. The molecule has 2 aromatic rings. The maximum Gasteiger partial charge on any atom is 0.338 e. The molecular formula is C15H16N2O3. The summed E-state index contributed by atoms with van der Waals surface area (Å²) < 4.78 is 10.3. The van der Waals surface area contributed by atoms with Gasteiger partial charge in [0.15, 0.2) is 0 Å². The lowest BCUT2D eigenvalue weighted by atomic mass is 10.1. The molecule has 0 bridgehead atoms. The third-order valence-electron chi connectivity index (χ3n) is 3.46.